The van der Waals surface area contributed by atoms with E-state index in [9.17, 15) is 10.2 Å². The molecule has 0 amide bonds. The maximum Gasteiger partial charge on any atom is 0.120 e. The van der Waals surface area contributed by atoms with Gasteiger partial charge in [-0.25, -0.2) is 0 Å². The first-order valence-electron chi connectivity index (χ1n) is 9.45. The largest absolute Gasteiger partial charge is 0.508 e. The van der Waals surface area contributed by atoms with Crippen LogP contribution in [0, 0.1) is 0 Å². The summed E-state index contributed by atoms with van der Waals surface area (Å²) in [7, 11) is 0. The quantitative estimate of drug-likeness (QED) is 0.690. The van der Waals surface area contributed by atoms with Crippen LogP contribution in [-0.4, -0.2) is 20.1 Å². The number of para-hydroxylation sites is 2. The summed E-state index contributed by atoms with van der Waals surface area (Å²) >= 11 is 0. The second-order valence-corrected chi connectivity index (χ2v) is 7.07. The fraction of sp³-hybridized carbons (Fsp3) is 0.261. The third-order valence-electron chi connectivity index (χ3n) is 5.42. The molecule has 1 fully saturated rings. The standard InChI is InChI=1S/C23H24N2O2/c26-22-13-3-1-9-18(22)20-11-7-12-21(19-10-2-4-14-23(19)27)25(20)16-17-8-5-6-15-24-17/h1-6,8-10,13-15,20-21,26-27H,7,11-12,16H2/t20-,21-/m1/s1. The number of piperidine rings is 1. The van der Waals surface area contributed by atoms with Gasteiger partial charge in [-0.3, -0.25) is 9.88 Å². The fourth-order valence-electron chi connectivity index (χ4n) is 4.16. The van der Waals surface area contributed by atoms with Gasteiger partial charge in [0.05, 0.1) is 5.69 Å². The van der Waals surface area contributed by atoms with E-state index in [-0.39, 0.29) is 12.1 Å². The van der Waals surface area contributed by atoms with Crippen LogP contribution in [0.25, 0.3) is 0 Å². The number of hydrogen-bond donors (Lipinski definition) is 2. The van der Waals surface area contributed by atoms with Crippen LogP contribution in [0.4, 0.5) is 0 Å². The number of likely N-dealkylation sites (tertiary alicyclic amines) is 1. The van der Waals surface area contributed by atoms with Crippen LogP contribution in [0.15, 0.2) is 72.9 Å². The molecule has 0 bridgehead atoms. The van der Waals surface area contributed by atoms with Gasteiger partial charge in [0.25, 0.3) is 0 Å². The number of aromatic hydroxyl groups is 2. The summed E-state index contributed by atoms with van der Waals surface area (Å²) in [4.78, 5) is 6.88. The summed E-state index contributed by atoms with van der Waals surface area (Å²) in [5.41, 5.74) is 2.86. The molecule has 0 unspecified atom stereocenters. The summed E-state index contributed by atoms with van der Waals surface area (Å²) < 4.78 is 0. The summed E-state index contributed by atoms with van der Waals surface area (Å²) in [5, 5.41) is 20.9. The molecule has 4 nitrogen and oxygen atoms in total. The smallest absolute Gasteiger partial charge is 0.120 e. The molecular formula is C23H24N2O2. The average molecular weight is 360 g/mol. The Labute approximate surface area is 159 Å². The Bertz CT molecular complexity index is 844. The second kappa shape index (κ2) is 7.80. The Balaban J connectivity index is 1.76. The van der Waals surface area contributed by atoms with Crippen LogP contribution in [-0.2, 0) is 6.54 Å². The molecule has 138 valence electrons. The van der Waals surface area contributed by atoms with Crippen LogP contribution >= 0.6 is 0 Å². The van der Waals surface area contributed by atoms with Crippen molar-refractivity contribution < 1.29 is 10.2 Å². The maximum absolute atomic E-state index is 10.5. The molecular weight excluding hydrogens is 336 g/mol. The van der Waals surface area contributed by atoms with Crippen LogP contribution in [0.2, 0.25) is 0 Å². The Morgan fingerprint density at radius 2 is 1.33 bits per heavy atom. The van der Waals surface area contributed by atoms with Gasteiger partial charge in [0, 0.05) is 36.0 Å². The molecule has 2 atom stereocenters. The molecule has 0 spiro atoms. The lowest BCUT2D eigenvalue weighted by Gasteiger charge is -2.43. The van der Waals surface area contributed by atoms with E-state index in [0.29, 0.717) is 18.0 Å². The molecule has 3 aromatic rings. The van der Waals surface area contributed by atoms with Gasteiger partial charge in [-0.05, 0) is 43.5 Å². The van der Waals surface area contributed by atoms with Crippen molar-refractivity contribution in [3.63, 3.8) is 0 Å². The van der Waals surface area contributed by atoms with Crippen molar-refractivity contribution in [3.8, 4) is 11.5 Å². The first-order chi connectivity index (χ1) is 13.2. The minimum Gasteiger partial charge on any atom is -0.508 e. The van der Waals surface area contributed by atoms with Crippen molar-refractivity contribution >= 4 is 0 Å². The molecule has 4 rings (SSSR count). The van der Waals surface area contributed by atoms with Crippen LogP contribution < -0.4 is 0 Å². The number of nitrogens with zero attached hydrogens (tertiary/aromatic N) is 2. The van der Waals surface area contributed by atoms with Gasteiger partial charge < -0.3 is 10.2 Å². The number of phenolic OH excluding ortho intramolecular Hbond substituents is 2. The maximum atomic E-state index is 10.5. The zero-order valence-electron chi connectivity index (χ0n) is 15.2. The molecule has 27 heavy (non-hydrogen) atoms. The van der Waals surface area contributed by atoms with E-state index < -0.39 is 0 Å². The third kappa shape index (κ3) is 3.67. The molecule has 2 heterocycles. The monoisotopic (exact) mass is 360 g/mol. The van der Waals surface area contributed by atoms with Crippen molar-refractivity contribution in [2.24, 2.45) is 0 Å². The predicted molar refractivity (Wildman–Crippen MR) is 105 cm³/mol. The van der Waals surface area contributed by atoms with Crippen LogP contribution in [0.3, 0.4) is 0 Å². The minimum absolute atomic E-state index is 0.0755. The molecule has 1 saturated heterocycles. The van der Waals surface area contributed by atoms with Crippen LogP contribution in [0.1, 0.15) is 48.2 Å². The van der Waals surface area contributed by atoms with Gasteiger partial charge in [0.15, 0.2) is 0 Å². The molecule has 4 heteroatoms. The van der Waals surface area contributed by atoms with Crippen molar-refractivity contribution in [1.29, 1.82) is 0 Å². The highest BCUT2D eigenvalue weighted by Gasteiger charge is 2.34. The van der Waals surface area contributed by atoms with Gasteiger partial charge in [0.1, 0.15) is 11.5 Å². The van der Waals surface area contributed by atoms with E-state index in [4.69, 9.17) is 0 Å². The highest BCUT2D eigenvalue weighted by Crippen LogP contribution is 2.46. The fourth-order valence-corrected chi connectivity index (χ4v) is 4.16. The number of pyridine rings is 1. The molecule has 0 radical (unpaired) electrons. The van der Waals surface area contributed by atoms with Gasteiger partial charge in [-0.2, -0.15) is 0 Å². The minimum atomic E-state index is 0.0755. The Hall–Kier alpha value is -2.85. The molecule has 1 aliphatic heterocycles. The average Bonchev–Trinajstić information content (AvgIpc) is 2.70. The van der Waals surface area contributed by atoms with E-state index in [1.807, 2.05) is 60.8 Å². The Morgan fingerprint density at radius 3 is 1.85 bits per heavy atom. The predicted octanol–water partition coefficient (Wildman–Crippen LogP) is 4.96. The van der Waals surface area contributed by atoms with Gasteiger partial charge >= 0.3 is 0 Å². The van der Waals surface area contributed by atoms with Crippen molar-refractivity contribution in [1.82, 2.24) is 9.88 Å². The van der Waals surface area contributed by atoms with E-state index in [1.54, 1.807) is 12.1 Å². The molecule has 2 aromatic carbocycles. The van der Waals surface area contributed by atoms with E-state index in [2.05, 4.69) is 9.88 Å². The van der Waals surface area contributed by atoms with Gasteiger partial charge in [-0.1, -0.05) is 42.5 Å². The van der Waals surface area contributed by atoms with Crippen molar-refractivity contribution in [3.05, 3.63) is 89.7 Å². The number of benzene rings is 2. The zero-order valence-corrected chi connectivity index (χ0v) is 15.2. The highest BCUT2D eigenvalue weighted by atomic mass is 16.3. The normalized spacial score (nSPS) is 20.4. The molecule has 0 saturated carbocycles. The van der Waals surface area contributed by atoms with Crippen molar-refractivity contribution in [2.75, 3.05) is 0 Å². The summed E-state index contributed by atoms with van der Waals surface area (Å²) in [6, 6.07) is 21.2. The molecule has 1 aromatic heterocycles. The van der Waals surface area contributed by atoms with E-state index >= 15 is 0 Å². The molecule has 2 N–H and O–H groups in total. The van der Waals surface area contributed by atoms with Crippen molar-refractivity contribution in [2.45, 2.75) is 37.9 Å². The summed E-state index contributed by atoms with van der Waals surface area (Å²) in [6.45, 7) is 0.666. The lowest BCUT2D eigenvalue weighted by atomic mass is 9.86. The SMILES string of the molecule is Oc1ccccc1[C@H]1CCC[C@H](c2ccccc2O)N1Cc1ccccn1. The Morgan fingerprint density at radius 1 is 0.778 bits per heavy atom. The first kappa shape index (κ1) is 17.6. The van der Waals surface area contributed by atoms with Crippen LogP contribution in [0.5, 0.6) is 11.5 Å². The topological polar surface area (TPSA) is 56.6 Å². The molecule has 1 aliphatic rings. The number of hydrogen-bond acceptors (Lipinski definition) is 4. The van der Waals surface area contributed by atoms with E-state index in [1.165, 1.54) is 0 Å². The zero-order chi connectivity index (χ0) is 18.6. The highest BCUT2D eigenvalue weighted by molar-refractivity contribution is 5.38. The number of phenols is 2. The molecule has 0 aliphatic carbocycles. The second-order valence-electron chi connectivity index (χ2n) is 7.07. The summed E-state index contributed by atoms with van der Waals surface area (Å²) in [6.07, 6.45) is 4.78. The van der Waals surface area contributed by atoms with E-state index in [0.717, 1.165) is 36.1 Å². The summed E-state index contributed by atoms with van der Waals surface area (Å²) in [5.74, 6) is 0.651. The van der Waals surface area contributed by atoms with Gasteiger partial charge in [-0.15, -0.1) is 0 Å². The lowest BCUT2D eigenvalue weighted by Crippen LogP contribution is -2.36. The van der Waals surface area contributed by atoms with Gasteiger partial charge in [0.2, 0.25) is 0 Å². The number of aromatic nitrogens is 1. The number of rotatable bonds is 4. The first-order valence-corrected chi connectivity index (χ1v) is 9.45. The third-order valence-corrected chi connectivity index (χ3v) is 5.42. The Kier molecular flexibility index (Phi) is 5.07. The lowest BCUT2D eigenvalue weighted by molar-refractivity contribution is 0.0692.